The molecule has 2 amide bonds. The molecule has 0 aliphatic rings. The molecule has 6 heteroatoms. The van der Waals surface area contributed by atoms with Gasteiger partial charge in [-0.3, -0.25) is 9.59 Å². The smallest absolute Gasteiger partial charge is 0.274 e. The fourth-order valence-electron chi connectivity index (χ4n) is 2.76. The first-order valence-corrected chi connectivity index (χ1v) is 9.47. The number of anilines is 2. The Morgan fingerprint density at radius 3 is 1.70 bits per heavy atom. The van der Waals surface area contributed by atoms with Crippen molar-refractivity contribution in [1.29, 1.82) is 5.26 Å². The van der Waals surface area contributed by atoms with Gasteiger partial charge in [0.1, 0.15) is 11.4 Å². The van der Waals surface area contributed by atoms with Crippen molar-refractivity contribution < 1.29 is 9.59 Å². The predicted molar refractivity (Wildman–Crippen MR) is 116 cm³/mol. The SMILES string of the molecule is CC(C)(C)c1ccc(NC(=O)c2cccc(C(=O)Nc3ccc(C#N)cc3)n2)cc1. The van der Waals surface area contributed by atoms with Crippen molar-refractivity contribution in [3.63, 3.8) is 0 Å². The van der Waals surface area contributed by atoms with Crippen LogP contribution in [0.3, 0.4) is 0 Å². The van der Waals surface area contributed by atoms with E-state index in [0.717, 1.165) is 0 Å². The second kappa shape index (κ2) is 8.58. The van der Waals surface area contributed by atoms with Gasteiger partial charge >= 0.3 is 0 Å². The van der Waals surface area contributed by atoms with Crippen molar-refractivity contribution in [2.24, 2.45) is 0 Å². The number of pyridine rings is 1. The molecule has 2 N–H and O–H groups in total. The third-order valence-electron chi connectivity index (χ3n) is 4.50. The molecule has 0 aliphatic carbocycles. The van der Waals surface area contributed by atoms with Crippen LogP contribution < -0.4 is 10.6 Å². The number of hydrogen-bond donors (Lipinski definition) is 2. The Morgan fingerprint density at radius 1 is 0.800 bits per heavy atom. The fraction of sp³-hybridized carbons (Fsp3) is 0.167. The minimum absolute atomic E-state index is 0.0285. The molecular formula is C24H22N4O2. The van der Waals surface area contributed by atoms with Crippen LogP contribution in [-0.4, -0.2) is 16.8 Å². The molecule has 0 unspecified atom stereocenters. The predicted octanol–water partition coefficient (Wildman–Crippen LogP) is 4.76. The normalized spacial score (nSPS) is 10.7. The van der Waals surface area contributed by atoms with E-state index in [9.17, 15) is 9.59 Å². The number of benzene rings is 2. The summed E-state index contributed by atoms with van der Waals surface area (Å²) in [6, 6.07) is 20.8. The average Bonchev–Trinajstić information content (AvgIpc) is 2.74. The summed E-state index contributed by atoms with van der Waals surface area (Å²) in [6.45, 7) is 6.37. The summed E-state index contributed by atoms with van der Waals surface area (Å²) in [5.74, 6) is -0.838. The first kappa shape index (κ1) is 20.7. The van der Waals surface area contributed by atoms with Crippen LogP contribution in [0.2, 0.25) is 0 Å². The molecule has 3 aromatic rings. The lowest BCUT2D eigenvalue weighted by Crippen LogP contribution is -2.18. The van der Waals surface area contributed by atoms with Crippen LogP contribution in [0.15, 0.2) is 66.7 Å². The highest BCUT2D eigenvalue weighted by Crippen LogP contribution is 2.23. The van der Waals surface area contributed by atoms with Crippen molar-refractivity contribution in [1.82, 2.24) is 4.98 Å². The summed E-state index contributed by atoms with van der Waals surface area (Å²) in [7, 11) is 0. The molecule has 150 valence electrons. The molecule has 0 aliphatic heterocycles. The minimum Gasteiger partial charge on any atom is -0.321 e. The van der Waals surface area contributed by atoms with Gasteiger partial charge in [-0.15, -0.1) is 0 Å². The standard InChI is InChI=1S/C24H22N4O2/c1-24(2,3)17-9-13-19(14-10-17)27-23(30)21-6-4-5-20(28-21)22(29)26-18-11-7-16(15-25)8-12-18/h4-14H,1-3H3,(H,26,29)(H,27,30). The molecule has 0 saturated carbocycles. The van der Waals surface area contributed by atoms with E-state index in [2.05, 4.69) is 36.4 Å². The first-order valence-electron chi connectivity index (χ1n) is 9.47. The Balaban J connectivity index is 1.70. The number of nitrogens with one attached hydrogen (secondary N) is 2. The first-order chi connectivity index (χ1) is 14.3. The summed E-state index contributed by atoms with van der Waals surface area (Å²) in [5, 5.41) is 14.3. The van der Waals surface area contributed by atoms with E-state index in [1.54, 1.807) is 36.4 Å². The lowest BCUT2D eigenvalue weighted by molar-refractivity contribution is 0.101. The Morgan fingerprint density at radius 2 is 1.27 bits per heavy atom. The van der Waals surface area contributed by atoms with Gasteiger partial charge in [-0.2, -0.15) is 5.26 Å². The van der Waals surface area contributed by atoms with Crippen LogP contribution in [0.4, 0.5) is 11.4 Å². The molecule has 0 bridgehead atoms. The van der Waals surface area contributed by atoms with Crippen LogP contribution in [0.5, 0.6) is 0 Å². The fourth-order valence-corrected chi connectivity index (χ4v) is 2.76. The Hall–Kier alpha value is -3.98. The van der Waals surface area contributed by atoms with E-state index in [1.165, 1.54) is 11.6 Å². The van der Waals surface area contributed by atoms with Crippen LogP contribution in [-0.2, 0) is 5.41 Å². The third kappa shape index (κ3) is 5.09. The number of nitrogens with zero attached hydrogens (tertiary/aromatic N) is 2. The summed E-state index contributed by atoms with van der Waals surface area (Å²) in [4.78, 5) is 29.2. The van der Waals surface area contributed by atoms with Crippen molar-refractivity contribution >= 4 is 23.2 Å². The number of hydrogen-bond acceptors (Lipinski definition) is 4. The average molecular weight is 398 g/mol. The number of aromatic nitrogens is 1. The van der Waals surface area contributed by atoms with E-state index in [4.69, 9.17) is 5.26 Å². The quantitative estimate of drug-likeness (QED) is 0.663. The van der Waals surface area contributed by atoms with Gasteiger partial charge in [0.15, 0.2) is 0 Å². The molecule has 1 heterocycles. The molecule has 0 spiro atoms. The highest BCUT2D eigenvalue weighted by atomic mass is 16.2. The Bertz CT molecular complexity index is 1110. The number of amides is 2. The molecule has 0 saturated heterocycles. The molecule has 3 rings (SSSR count). The molecule has 1 aromatic heterocycles. The highest BCUT2D eigenvalue weighted by Gasteiger charge is 2.15. The zero-order chi connectivity index (χ0) is 21.7. The van der Waals surface area contributed by atoms with Gasteiger partial charge in [0.25, 0.3) is 11.8 Å². The van der Waals surface area contributed by atoms with Gasteiger partial charge < -0.3 is 10.6 Å². The molecule has 30 heavy (non-hydrogen) atoms. The van der Waals surface area contributed by atoms with Crippen LogP contribution in [0, 0.1) is 11.3 Å². The van der Waals surface area contributed by atoms with E-state index >= 15 is 0 Å². The second-order valence-electron chi connectivity index (χ2n) is 7.83. The van der Waals surface area contributed by atoms with Crippen molar-refractivity contribution in [2.75, 3.05) is 10.6 Å². The van der Waals surface area contributed by atoms with E-state index in [0.29, 0.717) is 16.9 Å². The molecule has 0 radical (unpaired) electrons. The summed E-state index contributed by atoms with van der Waals surface area (Å²) in [6.07, 6.45) is 0. The van der Waals surface area contributed by atoms with Crippen molar-refractivity contribution in [3.8, 4) is 6.07 Å². The zero-order valence-electron chi connectivity index (χ0n) is 17.1. The molecule has 6 nitrogen and oxygen atoms in total. The molecule has 2 aromatic carbocycles. The van der Waals surface area contributed by atoms with Gasteiger partial charge in [0.05, 0.1) is 11.6 Å². The minimum atomic E-state index is -0.441. The van der Waals surface area contributed by atoms with Gasteiger partial charge in [-0.1, -0.05) is 39.0 Å². The maximum atomic E-state index is 12.6. The lowest BCUT2D eigenvalue weighted by atomic mass is 9.87. The summed E-state index contributed by atoms with van der Waals surface area (Å²) >= 11 is 0. The lowest BCUT2D eigenvalue weighted by Gasteiger charge is -2.19. The Kier molecular flexibility index (Phi) is 5.93. The number of carbonyl (C=O) groups is 2. The van der Waals surface area contributed by atoms with E-state index in [1.807, 2.05) is 30.3 Å². The van der Waals surface area contributed by atoms with E-state index in [-0.39, 0.29) is 16.8 Å². The zero-order valence-corrected chi connectivity index (χ0v) is 17.1. The topological polar surface area (TPSA) is 94.9 Å². The maximum Gasteiger partial charge on any atom is 0.274 e. The number of carbonyl (C=O) groups excluding carboxylic acids is 2. The molecule has 0 atom stereocenters. The van der Waals surface area contributed by atoms with E-state index < -0.39 is 11.8 Å². The maximum absolute atomic E-state index is 12.6. The van der Waals surface area contributed by atoms with Gasteiger partial charge in [-0.05, 0) is 59.5 Å². The second-order valence-corrected chi connectivity index (χ2v) is 7.83. The van der Waals surface area contributed by atoms with Gasteiger partial charge in [0, 0.05) is 11.4 Å². The van der Waals surface area contributed by atoms with Crippen molar-refractivity contribution in [2.45, 2.75) is 26.2 Å². The van der Waals surface area contributed by atoms with Gasteiger partial charge in [0.2, 0.25) is 0 Å². The molecule has 0 fully saturated rings. The summed E-state index contributed by atoms with van der Waals surface area (Å²) in [5.41, 5.74) is 3.15. The highest BCUT2D eigenvalue weighted by molar-refractivity contribution is 6.06. The number of nitriles is 1. The van der Waals surface area contributed by atoms with Gasteiger partial charge in [-0.25, -0.2) is 4.98 Å². The summed E-state index contributed by atoms with van der Waals surface area (Å²) < 4.78 is 0. The molecular weight excluding hydrogens is 376 g/mol. The number of rotatable bonds is 4. The van der Waals surface area contributed by atoms with Crippen molar-refractivity contribution in [3.05, 3.63) is 89.2 Å². The third-order valence-corrected chi connectivity index (χ3v) is 4.50. The monoisotopic (exact) mass is 398 g/mol. The van der Waals surface area contributed by atoms with Crippen LogP contribution in [0.1, 0.15) is 52.9 Å². The Labute approximate surface area is 175 Å². The van der Waals surface area contributed by atoms with Crippen LogP contribution >= 0.6 is 0 Å². The largest absolute Gasteiger partial charge is 0.321 e. The van der Waals surface area contributed by atoms with Crippen LogP contribution in [0.25, 0.3) is 0 Å².